The summed E-state index contributed by atoms with van der Waals surface area (Å²) in [4.78, 5) is 21.0. The average molecular weight is 315 g/mol. The first-order chi connectivity index (χ1) is 10.7. The van der Waals surface area contributed by atoms with Gasteiger partial charge >= 0.3 is 0 Å². The summed E-state index contributed by atoms with van der Waals surface area (Å²) in [5.74, 6) is 0.111. The number of nitrogens with one attached hydrogen (secondary N) is 1. The number of nitrogens with zero attached hydrogens (tertiary/aromatic N) is 2. The average Bonchev–Trinajstić information content (AvgIpc) is 2.56. The monoisotopic (exact) mass is 315 g/mol. The molecule has 1 amide bonds. The molecule has 1 aromatic heterocycles. The molecular formula is C17H21N3OS. The molecule has 0 saturated heterocycles. The van der Waals surface area contributed by atoms with E-state index in [0.29, 0.717) is 6.04 Å². The second-order valence-electron chi connectivity index (χ2n) is 5.80. The van der Waals surface area contributed by atoms with Crippen LogP contribution in [-0.2, 0) is 4.79 Å². The van der Waals surface area contributed by atoms with Crippen molar-refractivity contribution in [2.75, 3.05) is 0 Å². The number of amides is 1. The highest BCUT2D eigenvalue weighted by atomic mass is 32.2. The lowest BCUT2D eigenvalue weighted by Gasteiger charge is -2.24. The van der Waals surface area contributed by atoms with Gasteiger partial charge < -0.3 is 5.32 Å². The van der Waals surface area contributed by atoms with Crippen molar-refractivity contribution in [2.45, 2.75) is 55.3 Å². The smallest absolute Gasteiger partial charge is 0.233 e. The first-order valence-corrected chi connectivity index (χ1v) is 8.79. The van der Waals surface area contributed by atoms with E-state index < -0.39 is 0 Å². The zero-order valence-corrected chi connectivity index (χ0v) is 13.6. The number of thioether (sulfide) groups is 1. The van der Waals surface area contributed by atoms with Crippen LogP contribution in [0.1, 0.15) is 39.0 Å². The van der Waals surface area contributed by atoms with Gasteiger partial charge in [0.05, 0.1) is 10.8 Å². The van der Waals surface area contributed by atoms with Gasteiger partial charge in [0.1, 0.15) is 11.4 Å². The second-order valence-corrected chi connectivity index (χ2v) is 7.13. The highest BCUT2D eigenvalue weighted by molar-refractivity contribution is 8.00. The molecule has 1 aliphatic rings. The summed E-state index contributed by atoms with van der Waals surface area (Å²) in [6.07, 6.45) is 7.53. The Morgan fingerprint density at radius 3 is 2.82 bits per heavy atom. The Labute approximate surface area is 135 Å². The van der Waals surface area contributed by atoms with Gasteiger partial charge in [0.15, 0.2) is 0 Å². The fourth-order valence-corrected chi connectivity index (χ4v) is 3.78. The van der Waals surface area contributed by atoms with Crippen LogP contribution in [0.4, 0.5) is 0 Å². The van der Waals surface area contributed by atoms with Gasteiger partial charge in [-0.05, 0) is 25.8 Å². The Hall–Kier alpha value is -1.62. The normalized spacial score (nSPS) is 17.3. The van der Waals surface area contributed by atoms with Crippen LogP contribution in [0, 0.1) is 0 Å². The number of fused-ring (bicyclic) bond motifs is 1. The SMILES string of the molecule is CC(Sc1ncnc2ccccc12)C(=O)NC1CCCCC1. The summed E-state index contributed by atoms with van der Waals surface area (Å²) < 4.78 is 0. The quantitative estimate of drug-likeness (QED) is 0.692. The lowest BCUT2D eigenvalue weighted by atomic mass is 9.95. The molecule has 1 N–H and O–H groups in total. The van der Waals surface area contributed by atoms with Crippen molar-refractivity contribution in [1.82, 2.24) is 15.3 Å². The predicted octanol–water partition coefficient (Wildman–Crippen LogP) is 3.56. The molecule has 0 radical (unpaired) electrons. The fourth-order valence-electron chi connectivity index (χ4n) is 2.86. The first kappa shape index (κ1) is 15.3. The van der Waals surface area contributed by atoms with Crippen molar-refractivity contribution in [3.05, 3.63) is 30.6 Å². The Bertz CT molecular complexity index is 650. The van der Waals surface area contributed by atoms with E-state index in [0.717, 1.165) is 28.8 Å². The van der Waals surface area contributed by atoms with Crippen molar-refractivity contribution in [1.29, 1.82) is 0 Å². The third-order valence-corrected chi connectivity index (χ3v) is 5.23. The van der Waals surface area contributed by atoms with Crippen LogP contribution in [0.3, 0.4) is 0 Å². The molecular weight excluding hydrogens is 294 g/mol. The van der Waals surface area contributed by atoms with E-state index in [4.69, 9.17) is 0 Å². The van der Waals surface area contributed by atoms with Crippen molar-refractivity contribution in [3.63, 3.8) is 0 Å². The van der Waals surface area contributed by atoms with E-state index in [1.165, 1.54) is 31.0 Å². The van der Waals surface area contributed by atoms with Gasteiger partial charge in [0, 0.05) is 11.4 Å². The van der Waals surface area contributed by atoms with Gasteiger partial charge in [-0.2, -0.15) is 0 Å². The Morgan fingerprint density at radius 2 is 2.00 bits per heavy atom. The molecule has 0 bridgehead atoms. The summed E-state index contributed by atoms with van der Waals surface area (Å²) in [5.41, 5.74) is 0.917. The van der Waals surface area contributed by atoms with Crippen LogP contribution in [-0.4, -0.2) is 27.2 Å². The summed E-state index contributed by atoms with van der Waals surface area (Å²) in [6, 6.07) is 8.26. The number of carbonyl (C=O) groups is 1. The summed E-state index contributed by atoms with van der Waals surface area (Å²) in [6.45, 7) is 1.94. The van der Waals surface area contributed by atoms with Crippen LogP contribution in [0.5, 0.6) is 0 Å². The number of carbonyl (C=O) groups excluding carboxylic acids is 1. The molecule has 0 aliphatic heterocycles. The third-order valence-electron chi connectivity index (χ3n) is 4.12. The number of para-hydroxylation sites is 1. The van der Waals surface area contributed by atoms with Crippen LogP contribution in [0.2, 0.25) is 0 Å². The molecule has 1 aromatic carbocycles. The van der Waals surface area contributed by atoms with E-state index in [1.54, 1.807) is 6.33 Å². The summed E-state index contributed by atoms with van der Waals surface area (Å²) in [5, 5.41) is 4.91. The molecule has 5 heteroatoms. The van der Waals surface area contributed by atoms with Gasteiger partial charge in [0.25, 0.3) is 0 Å². The Balaban J connectivity index is 1.67. The van der Waals surface area contributed by atoms with E-state index in [-0.39, 0.29) is 11.2 Å². The topological polar surface area (TPSA) is 54.9 Å². The Morgan fingerprint density at radius 1 is 1.23 bits per heavy atom. The zero-order valence-electron chi connectivity index (χ0n) is 12.8. The van der Waals surface area contributed by atoms with Crippen LogP contribution < -0.4 is 5.32 Å². The number of aromatic nitrogens is 2. The second kappa shape index (κ2) is 7.09. The fraction of sp³-hybridized carbons (Fsp3) is 0.471. The Kier molecular flexibility index (Phi) is 4.93. The zero-order chi connectivity index (χ0) is 15.4. The molecule has 1 atom stereocenters. The molecule has 22 heavy (non-hydrogen) atoms. The lowest BCUT2D eigenvalue weighted by molar-refractivity contribution is -0.121. The van der Waals surface area contributed by atoms with Crippen LogP contribution in [0.15, 0.2) is 35.6 Å². The molecule has 1 saturated carbocycles. The molecule has 4 nitrogen and oxygen atoms in total. The largest absolute Gasteiger partial charge is 0.352 e. The highest BCUT2D eigenvalue weighted by Crippen LogP contribution is 2.28. The maximum atomic E-state index is 12.4. The molecule has 1 fully saturated rings. The van der Waals surface area contributed by atoms with Crippen LogP contribution >= 0.6 is 11.8 Å². The molecule has 116 valence electrons. The molecule has 0 spiro atoms. The molecule has 3 rings (SSSR count). The van der Waals surface area contributed by atoms with Crippen molar-refractivity contribution in [2.24, 2.45) is 0 Å². The molecule has 1 unspecified atom stereocenters. The number of hydrogen-bond acceptors (Lipinski definition) is 4. The standard InChI is InChI=1S/C17H21N3OS/c1-12(16(21)20-13-7-3-2-4-8-13)22-17-14-9-5-6-10-15(14)18-11-19-17/h5-6,9-13H,2-4,7-8H2,1H3,(H,20,21). The van der Waals surface area contributed by atoms with Crippen molar-refractivity contribution >= 4 is 28.6 Å². The van der Waals surface area contributed by atoms with Gasteiger partial charge in [0.2, 0.25) is 5.91 Å². The van der Waals surface area contributed by atoms with E-state index >= 15 is 0 Å². The maximum Gasteiger partial charge on any atom is 0.233 e. The van der Waals surface area contributed by atoms with Gasteiger partial charge in [-0.3, -0.25) is 4.79 Å². The van der Waals surface area contributed by atoms with E-state index in [1.807, 2.05) is 31.2 Å². The predicted molar refractivity (Wildman–Crippen MR) is 89.9 cm³/mol. The minimum Gasteiger partial charge on any atom is -0.352 e. The minimum atomic E-state index is -0.153. The minimum absolute atomic E-state index is 0.111. The van der Waals surface area contributed by atoms with E-state index in [2.05, 4.69) is 15.3 Å². The number of rotatable bonds is 4. The molecule has 2 aromatic rings. The van der Waals surface area contributed by atoms with Gasteiger partial charge in [-0.1, -0.05) is 49.2 Å². The number of benzene rings is 1. The summed E-state index contributed by atoms with van der Waals surface area (Å²) in [7, 11) is 0. The van der Waals surface area contributed by atoms with Crippen molar-refractivity contribution in [3.8, 4) is 0 Å². The van der Waals surface area contributed by atoms with Gasteiger partial charge in [-0.25, -0.2) is 9.97 Å². The molecule has 1 aliphatic carbocycles. The third kappa shape index (κ3) is 3.58. The van der Waals surface area contributed by atoms with Gasteiger partial charge in [-0.15, -0.1) is 0 Å². The molecule has 1 heterocycles. The lowest BCUT2D eigenvalue weighted by Crippen LogP contribution is -2.40. The summed E-state index contributed by atoms with van der Waals surface area (Å²) >= 11 is 1.51. The van der Waals surface area contributed by atoms with Crippen LogP contribution in [0.25, 0.3) is 10.9 Å². The van der Waals surface area contributed by atoms with Crippen molar-refractivity contribution < 1.29 is 4.79 Å². The highest BCUT2D eigenvalue weighted by Gasteiger charge is 2.21. The number of hydrogen-bond donors (Lipinski definition) is 1. The first-order valence-electron chi connectivity index (χ1n) is 7.91. The maximum absolute atomic E-state index is 12.4. The van der Waals surface area contributed by atoms with E-state index in [9.17, 15) is 4.79 Å².